The maximum Gasteiger partial charge on any atom is 0.161 e. The van der Waals surface area contributed by atoms with Crippen LogP contribution in [0.25, 0.3) is 11.0 Å². The van der Waals surface area contributed by atoms with E-state index in [0.29, 0.717) is 5.92 Å². The average Bonchev–Trinajstić information content (AvgIpc) is 2.85. The van der Waals surface area contributed by atoms with E-state index in [1.807, 2.05) is 50.4 Å². The van der Waals surface area contributed by atoms with Gasteiger partial charge < -0.3 is 5.32 Å². The first-order chi connectivity index (χ1) is 15.7. The Balaban J connectivity index is 0.00000176. The summed E-state index contributed by atoms with van der Waals surface area (Å²) in [5.41, 5.74) is 3.89. The van der Waals surface area contributed by atoms with Gasteiger partial charge in [0.1, 0.15) is 5.82 Å². The summed E-state index contributed by atoms with van der Waals surface area (Å²) in [6.07, 6.45) is 22.5. The van der Waals surface area contributed by atoms with Crippen LogP contribution in [0.3, 0.4) is 0 Å². The lowest BCUT2D eigenvalue weighted by Crippen LogP contribution is -2.06. The number of nitrogens with zero attached hydrogens (tertiary/aromatic N) is 3. The standard InChI is InChI=1S/C26H28N4.C2H6/c1-4-8-24(29-25-17-16-22-11-7-18-28-26(22)30-25)23(19-27-3)10-6-9-21-14-12-20(5-2)13-15-21;1-2/h5-14,16-19,21H,2,4,15H2,1,3H3,(H,28,29,30);1-2H3/b9-6+,23-10+,24-8-,27-19?;. The molecule has 2 aromatic heterocycles. The highest BCUT2D eigenvalue weighted by Crippen LogP contribution is 2.20. The van der Waals surface area contributed by atoms with Crippen molar-refractivity contribution >= 4 is 23.1 Å². The van der Waals surface area contributed by atoms with E-state index >= 15 is 0 Å². The number of fused-ring (bicyclic) bond motifs is 1. The van der Waals surface area contributed by atoms with Crippen molar-refractivity contribution in [2.45, 2.75) is 33.6 Å². The minimum Gasteiger partial charge on any atom is -0.340 e. The first-order valence-corrected chi connectivity index (χ1v) is 11.2. The Morgan fingerprint density at radius 2 is 2.12 bits per heavy atom. The monoisotopic (exact) mass is 426 g/mol. The molecule has 0 radical (unpaired) electrons. The highest BCUT2D eigenvalue weighted by atomic mass is 15.0. The minimum absolute atomic E-state index is 0.393. The fourth-order valence-electron chi connectivity index (χ4n) is 3.20. The molecule has 1 atom stereocenters. The molecule has 0 spiro atoms. The maximum atomic E-state index is 4.63. The molecule has 166 valence electrons. The van der Waals surface area contributed by atoms with E-state index in [2.05, 4.69) is 76.3 Å². The summed E-state index contributed by atoms with van der Waals surface area (Å²) >= 11 is 0. The number of anilines is 1. The number of aliphatic imine (C=N–C) groups is 1. The molecule has 0 aliphatic heterocycles. The van der Waals surface area contributed by atoms with Crippen molar-refractivity contribution in [3.63, 3.8) is 0 Å². The van der Waals surface area contributed by atoms with Gasteiger partial charge >= 0.3 is 0 Å². The van der Waals surface area contributed by atoms with Crippen molar-refractivity contribution in [2.75, 3.05) is 12.4 Å². The Morgan fingerprint density at radius 1 is 1.28 bits per heavy atom. The van der Waals surface area contributed by atoms with Gasteiger partial charge in [0.2, 0.25) is 0 Å². The molecule has 2 aromatic rings. The third-order valence-electron chi connectivity index (χ3n) is 4.75. The molecule has 4 nitrogen and oxygen atoms in total. The largest absolute Gasteiger partial charge is 0.340 e. The van der Waals surface area contributed by atoms with Crippen LogP contribution in [0.1, 0.15) is 33.6 Å². The first-order valence-electron chi connectivity index (χ1n) is 11.2. The Bertz CT molecular complexity index is 1070. The Kier molecular flexibility index (Phi) is 10.6. The van der Waals surface area contributed by atoms with Gasteiger partial charge in [-0.2, -0.15) is 0 Å². The summed E-state index contributed by atoms with van der Waals surface area (Å²) in [7, 11) is 1.78. The quantitative estimate of drug-likeness (QED) is 0.358. The predicted molar refractivity (Wildman–Crippen MR) is 140 cm³/mol. The zero-order chi connectivity index (χ0) is 23.2. The number of pyridine rings is 2. The molecule has 0 aromatic carbocycles. The molecule has 1 aliphatic carbocycles. The Morgan fingerprint density at radius 3 is 2.81 bits per heavy atom. The zero-order valence-electron chi connectivity index (χ0n) is 19.6. The highest BCUT2D eigenvalue weighted by molar-refractivity contribution is 5.87. The van der Waals surface area contributed by atoms with E-state index in [-0.39, 0.29) is 0 Å². The van der Waals surface area contributed by atoms with Gasteiger partial charge in [-0.3, -0.25) is 4.99 Å². The SMILES string of the molecule is C=CC1=CCC(/C=C/C=C(C=NC)/C(=C/CC)Nc2ccc3cccnc3n2)C=C1.CC. The van der Waals surface area contributed by atoms with Crippen LogP contribution >= 0.6 is 0 Å². The minimum atomic E-state index is 0.393. The molecule has 1 unspecified atom stereocenters. The van der Waals surface area contributed by atoms with E-state index < -0.39 is 0 Å². The second-order valence-electron chi connectivity index (χ2n) is 6.96. The maximum absolute atomic E-state index is 4.63. The van der Waals surface area contributed by atoms with Gasteiger partial charge in [-0.25, -0.2) is 9.97 Å². The zero-order valence-corrected chi connectivity index (χ0v) is 19.6. The number of hydrogen-bond acceptors (Lipinski definition) is 4. The molecule has 0 bridgehead atoms. The van der Waals surface area contributed by atoms with Gasteiger partial charge in [0.15, 0.2) is 5.65 Å². The van der Waals surface area contributed by atoms with Gasteiger partial charge in [0.05, 0.1) is 0 Å². The third-order valence-corrected chi connectivity index (χ3v) is 4.75. The number of aromatic nitrogens is 2. The molecule has 4 heteroatoms. The lowest BCUT2D eigenvalue weighted by atomic mass is 9.96. The van der Waals surface area contributed by atoms with E-state index in [4.69, 9.17) is 0 Å². The Labute approximate surface area is 192 Å². The lowest BCUT2D eigenvalue weighted by Gasteiger charge is -2.12. The Hall–Kier alpha value is -3.53. The molecular weight excluding hydrogens is 392 g/mol. The molecule has 2 heterocycles. The molecule has 3 rings (SSSR count). The van der Waals surface area contributed by atoms with Crippen LogP contribution < -0.4 is 5.32 Å². The summed E-state index contributed by atoms with van der Waals surface area (Å²) in [5.74, 6) is 1.15. The third kappa shape index (κ3) is 7.31. The van der Waals surface area contributed by atoms with E-state index in [1.54, 1.807) is 13.2 Å². The molecule has 0 saturated carbocycles. The van der Waals surface area contributed by atoms with Crippen molar-refractivity contribution in [1.29, 1.82) is 0 Å². The summed E-state index contributed by atoms with van der Waals surface area (Å²) in [6, 6.07) is 7.92. The number of rotatable bonds is 8. The molecule has 0 fully saturated rings. The molecular formula is C28H34N4. The highest BCUT2D eigenvalue weighted by Gasteiger charge is 2.06. The number of hydrogen-bond donors (Lipinski definition) is 1. The van der Waals surface area contributed by atoms with Gasteiger partial charge in [-0.15, -0.1) is 0 Å². The van der Waals surface area contributed by atoms with Gasteiger partial charge in [-0.05, 0) is 48.6 Å². The first kappa shape index (κ1) is 24.7. The molecule has 32 heavy (non-hydrogen) atoms. The average molecular weight is 427 g/mol. The van der Waals surface area contributed by atoms with Gasteiger partial charge in [0, 0.05) is 36.1 Å². The summed E-state index contributed by atoms with van der Waals surface area (Å²) in [5, 5.41) is 4.46. The van der Waals surface area contributed by atoms with Crippen LogP contribution in [0.5, 0.6) is 0 Å². The summed E-state index contributed by atoms with van der Waals surface area (Å²) < 4.78 is 0. The van der Waals surface area contributed by atoms with Crippen molar-refractivity contribution in [3.05, 3.63) is 102 Å². The molecule has 1 N–H and O–H groups in total. The predicted octanol–water partition coefficient (Wildman–Crippen LogP) is 7.23. The van der Waals surface area contributed by atoms with E-state index in [9.17, 15) is 0 Å². The lowest BCUT2D eigenvalue weighted by molar-refractivity contribution is 0.817. The van der Waals surface area contributed by atoms with Crippen molar-refractivity contribution < 1.29 is 0 Å². The second-order valence-corrected chi connectivity index (χ2v) is 6.96. The fraction of sp³-hybridized carbons (Fsp3) is 0.250. The molecule has 0 saturated heterocycles. The fourth-order valence-corrected chi connectivity index (χ4v) is 3.20. The molecule has 0 amide bonds. The van der Waals surface area contributed by atoms with Crippen molar-refractivity contribution in [2.24, 2.45) is 10.9 Å². The van der Waals surface area contributed by atoms with Crippen LogP contribution in [0.4, 0.5) is 5.82 Å². The topological polar surface area (TPSA) is 50.2 Å². The van der Waals surface area contributed by atoms with Crippen LogP contribution in [0, 0.1) is 5.92 Å². The summed E-state index contributed by atoms with van der Waals surface area (Å²) in [4.78, 5) is 13.2. The van der Waals surface area contributed by atoms with E-state index in [1.165, 1.54) is 5.57 Å². The van der Waals surface area contributed by atoms with Crippen LogP contribution in [-0.2, 0) is 0 Å². The summed E-state index contributed by atoms with van der Waals surface area (Å²) in [6.45, 7) is 9.93. The molecule has 1 aliphatic rings. The van der Waals surface area contributed by atoms with E-state index in [0.717, 1.165) is 41.0 Å². The van der Waals surface area contributed by atoms with Crippen LogP contribution in [0.15, 0.2) is 107 Å². The number of nitrogens with one attached hydrogen (secondary N) is 1. The number of allylic oxidation sites excluding steroid dienone is 10. The van der Waals surface area contributed by atoms with Crippen LogP contribution in [0.2, 0.25) is 0 Å². The smallest absolute Gasteiger partial charge is 0.161 e. The van der Waals surface area contributed by atoms with Crippen molar-refractivity contribution in [1.82, 2.24) is 9.97 Å². The van der Waals surface area contributed by atoms with Gasteiger partial charge in [0.25, 0.3) is 0 Å². The second kappa shape index (κ2) is 13.7. The normalized spacial score (nSPS) is 16.8. The van der Waals surface area contributed by atoms with Crippen molar-refractivity contribution in [3.8, 4) is 0 Å². The van der Waals surface area contributed by atoms with Gasteiger partial charge in [-0.1, -0.05) is 76.0 Å². The van der Waals surface area contributed by atoms with Crippen LogP contribution in [-0.4, -0.2) is 23.2 Å².